The van der Waals surface area contributed by atoms with Gasteiger partial charge in [0.05, 0.1) is 5.75 Å². The molecule has 1 atom stereocenters. The van der Waals surface area contributed by atoms with E-state index in [4.69, 9.17) is 0 Å². The number of thioether (sulfide) groups is 1. The standard InChI is InChI=1S/C21H25BrN2O2S/c1-16(21(26)23-2)24(13-12-17-6-4-3-5-7-17)20(25)15-27-14-18-8-10-19(22)11-9-18/h3-11,16H,12-15H2,1-2H3,(H,23,26). The Bertz CT molecular complexity index is 738. The molecule has 2 aromatic carbocycles. The van der Waals surface area contributed by atoms with E-state index >= 15 is 0 Å². The highest BCUT2D eigenvalue weighted by Gasteiger charge is 2.24. The van der Waals surface area contributed by atoms with E-state index in [1.165, 1.54) is 5.56 Å². The molecule has 0 saturated carbocycles. The number of amides is 2. The molecular formula is C21H25BrN2O2S. The zero-order valence-corrected chi connectivity index (χ0v) is 18.1. The van der Waals surface area contributed by atoms with Crippen LogP contribution in [0.2, 0.25) is 0 Å². The van der Waals surface area contributed by atoms with Crippen molar-refractivity contribution in [1.82, 2.24) is 10.2 Å². The summed E-state index contributed by atoms with van der Waals surface area (Å²) in [6, 6.07) is 17.6. The third-order valence-corrected chi connectivity index (χ3v) is 5.82. The topological polar surface area (TPSA) is 49.4 Å². The summed E-state index contributed by atoms with van der Waals surface area (Å²) in [7, 11) is 1.60. The lowest BCUT2D eigenvalue weighted by Crippen LogP contribution is -2.48. The first-order chi connectivity index (χ1) is 13.0. The van der Waals surface area contributed by atoms with E-state index in [2.05, 4.69) is 21.2 Å². The quantitative estimate of drug-likeness (QED) is 0.632. The summed E-state index contributed by atoms with van der Waals surface area (Å²) in [4.78, 5) is 26.5. The van der Waals surface area contributed by atoms with Gasteiger partial charge in [-0.1, -0.05) is 58.4 Å². The van der Waals surface area contributed by atoms with Crippen molar-refractivity contribution in [3.63, 3.8) is 0 Å². The summed E-state index contributed by atoms with van der Waals surface area (Å²) in [5.74, 6) is 0.963. The highest BCUT2D eigenvalue weighted by Crippen LogP contribution is 2.17. The van der Waals surface area contributed by atoms with Crippen LogP contribution in [0.25, 0.3) is 0 Å². The highest BCUT2D eigenvalue weighted by atomic mass is 79.9. The Hall–Kier alpha value is -1.79. The van der Waals surface area contributed by atoms with Crippen molar-refractivity contribution in [3.8, 4) is 0 Å². The number of hydrogen-bond acceptors (Lipinski definition) is 3. The minimum atomic E-state index is -0.487. The highest BCUT2D eigenvalue weighted by molar-refractivity contribution is 9.10. The molecule has 0 saturated heterocycles. The summed E-state index contributed by atoms with van der Waals surface area (Å²) >= 11 is 4.99. The van der Waals surface area contributed by atoms with Gasteiger partial charge < -0.3 is 10.2 Å². The van der Waals surface area contributed by atoms with Crippen LogP contribution in [0.15, 0.2) is 59.1 Å². The second-order valence-corrected chi connectivity index (χ2v) is 8.13. The molecule has 144 valence electrons. The summed E-state index contributed by atoms with van der Waals surface area (Å²) in [5.41, 5.74) is 2.33. The van der Waals surface area contributed by atoms with Crippen LogP contribution < -0.4 is 5.32 Å². The summed E-state index contributed by atoms with van der Waals surface area (Å²) in [6.07, 6.45) is 0.727. The zero-order valence-electron chi connectivity index (χ0n) is 15.7. The van der Waals surface area contributed by atoms with Gasteiger partial charge >= 0.3 is 0 Å². The van der Waals surface area contributed by atoms with Crippen LogP contribution in [0.5, 0.6) is 0 Å². The molecule has 0 bridgehead atoms. The number of carbonyl (C=O) groups excluding carboxylic acids is 2. The first kappa shape index (κ1) is 21.5. The molecule has 0 fully saturated rings. The van der Waals surface area contributed by atoms with Gasteiger partial charge in [0.25, 0.3) is 0 Å². The van der Waals surface area contributed by atoms with Gasteiger partial charge in [0.2, 0.25) is 11.8 Å². The van der Waals surface area contributed by atoms with E-state index in [1.807, 2.05) is 54.6 Å². The maximum atomic E-state index is 12.8. The minimum Gasteiger partial charge on any atom is -0.357 e. The number of halogens is 1. The smallest absolute Gasteiger partial charge is 0.242 e. The van der Waals surface area contributed by atoms with Gasteiger partial charge in [-0.3, -0.25) is 9.59 Å². The lowest BCUT2D eigenvalue weighted by Gasteiger charge is -2.28. The third-order valence-electron chi connectivity index (χ3n) is 4.31. The van der Waals surface area contributed by atoms with Crippen LogP contribution in [-0.4, -0.2) is 42.1 Å². The summed E-state index contributed by atoms with van der Waals surface area (Å²) < 4.78 is 1.04. The van der Waals surface area contributed by atoms with Crippen LogP contribution in [0, 0.1) is 0 Å². The number of hydrogen-bond donors (Lipinski definition) is 1. The fourth-order valence-electron chi connectivity index (χ4n) is 2.70. The molecule has 1 unspecified atom stereocenters. The molecule has 0 radical (unpaired) electrons. The fraction of sp³-hybridized carbons (Fsp3) is 0.333. The lowest BCUT2D eigenvalue weighted by molar-refractivity contribution is -0.137. The molecule has 0 aliphatic heterocycles. The minimum absolute atomic E-state index is 0.0101. The van der Waals surface area contributed by atoms with Gasteiger partial charge in [0.15, 0.2) is 0 Å². The number of benzene rings is 2. The Kier molecular flexibility index (Phi) is 8.88. The molecule has 2 aromatic rings. The van der Waals surface area contributed by atoms with Crippen LogP contribution >= 0.6 is 27.7 Å². The molecule has 4 nitrogen and oxygen atoms in total. The van der Waals surface area contributed by atoms with Crippen molar-refractivity contribution in [2.75, 3.05) is 19.3 Å². The molecule has 2 rings (SSSR count). The Labute approximate surface area is 173 Å². The number of carbonyl (C=O) groups is 2. The zero-order chi connectivity index (χ0) is 19.6. The molecule has 0 heterocycles. The average molecular weight is 449 g/mol. The van der Waals surface area contributed by atoms with Crippen molar-refractivity contribution in [2.24, 2.45) is 0 Å². The van der Waals surface area contributed by atoms with Crippen LogP contribution in [0.4, 0.5) is 0 Å². The van der Waals surface area contributed by atoms with Gasteiger partial charge in [-0.25, -0.2) is 0 Å². The van der Waals surface area contributed by atoms with Crippen molar-refractivity contribution in [3.05, 3.63) is 70.2 Å². The molecular weight excluding hydrogens is 424 g/mol. The Morgan fingerprint density at radius 2 is 1.74 bits per heavy atom. The number of nitrogens with one attached hydrogen (secondary N) is 1. The largest absolute Gasteiger partial charge is 0.357 e. The number of nitrogens with zero attached hydrogens (tertiary/aromatic N) is 1. The van der Waals surface area contributed by atoms with Crippen LogP contribution in [0.3, 0.4) is 0 Å². The molecule has 27 heavy (non-hydrogen) atoms. The summed E-state index contributed by atoms with van der Waals surface area (Å²) in [6.45, 7) is 2.30. The predicted molar refractivity (Wildman–Crippen MR) is 116 cm³/mol. The second-order valence-electron chi connectivity index (χ2n) is 6.23. The average Bonchev–Trinajstić information content (AvgIpc) is 2.69. The molecule has 0 aliphatic carbocycles. The molecule has 1 N–H and O–H groups in total. The SMILES string of the molecule is CNC(=O)C(C)N(CCc1ccccc1)C(=O)CSCc1ccc(Br)cc1. The molecule has 2 amide bonds. The van der Waals surface area contributed by atoms with Crippen molar-refractivity contribution >= 4 is 39.5 Å². The third kappa shape index (κ3) is 7.03. The second kappa shape index (κ2) is 11.1. The van der Waals surface area contributed by atoms with Crippen molar-refractivity contribution in [2.45, 2.75) is 25.1 Å². The van der Waals surface area contributed by atoms with E-state index in [1.54, 1.807) is 30.6 Å². The van der Waals surface area contributed by atoms with Gasteiger partial charge in [0.1, 0.15) is 6.04 Å². The van der Waals surface area contributed by atoms with Gasteiger partial charge in [0, 0.05) is 23.8 Å². The first-order valence-electron chi connectivity index (χ1n) is 8.88. The number of rotatable bonds is 9. The molecule has 0 aliphatic rings. The van der Waals surface area contributed by atoms with E-state index < -0.39 is 6.04 Å². The Morgan fingerprint density at radius 3 is 2.37 bits per heavy atom. The lowest BCUT2D eigenvalue weighted by atomic mass is 10.1. The van der Waals surface area contributed by atoms with E-state index in [0.29, 0.717) is 12.3 Å². The maximum Gasteiger partial charge on any atom is 0.242 e. The number of likely N-dealkylation sites (N-methyl/N-ethyl adjacent to an activating group) is 1. The van der Waals surface area contributed by atoms with E-state index in [-0.39, 0.29) is 11.8 Å². The maximum absolute atomic E-state index is 12.8. The Morgan fingerprint density at radius 1 is 1.07 bits per heavy atom. The van der Waals surface area contributed by atoms with E-state index in [0.717, 1.165) is 22.2 Å². The van der Waals surface area contributed by atoms with E-state index in [9.17, 15) is 9.59 Å². The Balaban J connectivity index is 1.94. The molecule has 0 aromatic heterocycles. The first-order valence-corrected chi connectivity index (χ1v) is 10.8. The summed E-state index contributed by atoms with van der Waals surface area (Å²) in [5, 5.41) is 2.64. The normalized spacial score (nSPS) is 11.7. The monoisotopic (exact) mass is 448 g/mol. The van der Waals surface area contributed by atoms with Gasteiger partial charge in [-0.2, -0.15) is 0 Å². The predicted octanol–water partition coefficient (Wildman–Crippen LogP) is 3.89. The fourth-order valence-corrected chi connectivity index (χ4v) is 3.83. The van der Waals surface area contributed by atoms with Crippen LogP contribution in [-0.2, 0) is 21.8 Å². The van der Waals surface area contributed by atoms with Gasteiger partial charge in [-0.05, 0) is 36.6 Å². The molecule has 6 heteroatoms. The van der Waals surface area contributed by atoms with Crippen molar-refractivity contribution < 1.29 is 9.59 Å². The molecule has 0 spiro atoms. The van der Waals surface area contributed by atoms with Crippen molar-refractivity contribution in [1.29, 1.82) is 0 Å². The van der Waals surface area contributed by atoms with Gasteiger partial charge in [-0.15, -0.1) is 11.8 Å². The van der Waals surface area contributed by atoms with Crippen LogP contribution in [0.1, 0.15) is 18.1 Å².